The fourth-order valence-corrected chi connectivity index (χ4v) is 4.15. The molecule has 3 aromatic rings. The van der Waals surface area contributed by atoms with Gasteiger partial charge < -0.3 is 14.6 Å². The van der Waals surface area contributed by atoms with Crippen molar-refractivity contribution < 1.29 is 18.3 Å². The number of fused-ring (bicyclic) bond motifs is 3. The van der Waals surface area contributed by atoms with Gasteiger partial charge in [0.25, 0.3) is 0 Å². The number of aromatic nitrogens is 2. The topological polar surface area (TPSA) is 41.3 Å². The largest absolute Gasteiger partial charge is 0.433 e. The first-order valence-electron chi connectivity index (χ1n) is 9.43. The molecule has 1 aliphatic rings. The van der Waals surface area contributed by atoms with Gasteiger partial charge in [0.1, 0.15) is 5.69 Å². The lowest BCUT2D eigenvalue weighted by Crippen LogP contribution is -2.21. The van der Waals surface area contributed by atoms with Crippen molar-refractivity contribution in [2.75, 3.05) is 20.1 Å². The van der Waals surface area contributed by atoms with Crippen molar-refractivity contribution in [2.45, 2.75) is 31.7 Å². The van der Waals surface area contributed by atoms with E-state index >= 15 is 0 Å². The van der Waals surface area contributed by atoms with E-state index in [1.54, 1.807) is 0 Å². The highest BCUT2D eigenvalue weighted by Gasteiger charge is 2.32. The minimum Gasteiger partial charge on any atom is -0.386 e. The molecule has 0 amide bonds. The van der Waals surface area contributed by atoms with E-state index in [0.717, 1.165) is 54.8 Å². The van der Waals surface area contributed by atoms with Gasteiger partial charge in [0.05, 0.1) is 12.6 Å². The fourth-order valence-electron chi connectivity index (χ4n) is 3.98. The molecular weight excluding hydrogens is 403 g/mol. The monoisotopic (exact) mass is 423 g/mol. The highest BCUT2D eigenvalue weighted by atomic mass is 35.5. The molecule has 0 aliphatic carbocycles. The molecule has 1 aliphatic heterocycles. The molecule has 0 fully saturated rings. The molecule has 1 unspecified atom stereocenters. The van der Waals surface area contributed by atoms with Crippen LogP contribution in [0.25, 0.3) is 10.9 Å². The number of aliphatic hydroxyl groups excluding tert-OH is 1. The maximum atomic E-state index is 12.7. The second-order valence-corrected chi connectivity index (χ2v) is 7.93. The molecule has 1 N–H and O–H groups in total. The Bertz CT molecular complexity index is 1030. The van der Waals surface area contributed by atoms with E-state index in [0.29, 0.717) is 10.6 Å². The first kappa shape index (κ1) is 20.2. The van der Waals surface area contributed by atoms with Crippen LogP contribution in [0.1, 0.15) is 28.6 Å². The van der Waals surface area contributed by atoms with E-state index in [1.165, 1.54) is 11.6 Å². The molecule has 0 saturated carbocycles. The predicted molar refractivity (Wildman–Crippen MR) is 106 cm³/mol. The smallest absolute Gasteiger partial charge is 0.386 e. The van der Waals surface area contributed by atoms with E-state index in [1.807, 2.05) is 18.2 Å². The Kier molecular flexibility index (Phi) is 5.31. The summed E-state index contributed by atoms with van der Waals surface area (Å²) in [5.74, 6) is 0. The predicted octanol–water partition coefficient (Wildman–Crippen LogP) is 4.47. The number of hydrogen-bond donors (Lipinski definition) is 1. The minimum absolute atomic E-state index is 0.240. The van der Waals surface area contributed by atoms with Gasteiger partial charge in [-0.15, -0.1) is 0 Å². The quantitative estimate of drug-likeness (QED) is 0.675. The molecular formula is C21H21ClF3N3O. The zero-order valence-corrected chi connectivity index (χ0v) is 16.6. The minimum atomic E-state index is -4.50. The second-order valence-electron chi connectivity index (χ2n) is 7.49. The Labute approximate surface area is 171 Å². The summed E-state index contributed by atoms with van der Waals surface area (Å²) in [6, 6.07) is 7.90. The van der Waals surface area contributed by atoms with Gasteiger partial charge >= 0.3 is 6.18 Å². The Balaban J connectivity index is 1.70. The van der Waals surface area contributed by atoms with Crippen LogP contribution in [-0.4, -0.2) is 39.7 Å². The average Bonchev–Trinajstić information content (AvgIpc) is 2.81. The molecule has 8 heteroatoms. The van der Waals surface area contributed by atoms with Crippen LogP contribution in [0.15, 0.2) is 36.5 Å². The van der Waals surface area contributed by atoms with Crippen LogP contribution >= 0.6 is 11.6 Å². The molecule has 0 spiro atoms. The average molecular weight is 424 g/mol. The van der Waals surface area contributed by atoms with Crippen molar-refractivity contribution in [3.05, 3.63) is 64.1 Å². The molecule has 4 rings (SSSR count). The Morgan fingerprint density at radius 2 is 1.93 bits per heavy atom. The first-order chi connectivity index (χ1) is 13.7. The van der Waals surface area contributed by atoms with Crippen LogP contribution in [0.4, 0.5) is 13.2 Å². The first-order valence-corrected chi connectivity index (χ1v) is 9.81. The van der Waals surface area contributed by atoms with Crippen LogP contribution in [0.3, 0.4) is 0 Å². The van der Waals surface area contributed by atoms with Crippen molar-refractivity contribution in [2.24, 2.45) is 0 Å². The van der Waals surface area contributed by atoms with Crippen LogP contribution in [0.2, 0.25) is 5.02 Å². The second kappa shape index (κ2) is 7.63. The number of hydrogen-bond acceptors (Lipinski definition) is 3. The van der Waals surface area contributed by atoms with E-state index in [-0.39, 0.29) is 6.54 Å². The summed E-state index contributed by atoms with van der Waals surface area (Å²) < 4.78 is 40.3. The highest BCUT2D eigenvalue weighted by Crippen LogP contribution is 2.33. The van der Waals surface area contributed by atoms with Gasteiger partial charge in [0.15, 0.2) is 0 Å². The van der Waals surface area contributed by atoms with Crippen LogP contribution in [0.5, 0.6) is 0 Å². The van der Waals surface area contributed by atoms with E-state index in [9.17, 15) is 18.3 Å². The number of aliphatic hydroxyl groups is 1. The summed E-state index contributed by atoms with van der Waals surface area (Å²) in [7, 11) is 2.08. The summed E-state index contributed by atoms with van der Waals surface area (Å²) >= 11 is 6.22. The number of alkyl halides is 3. The Morgan fingerprint density at radius 3 is 2.62 bits per heavy atom. The number of rotatable bonds is 3. The lowest BCUT2D eigenvalue weighted by atomic mass is 10.1. The zero-order chi connectivity index (χ0) is 20.8. The molecule has 0 saturated heterocycles. The Hall–Kier alpha value is -2.09. The summed E-state index contributed by atoms with van der Waals surface area (Å²) in [5.41, 5.74) is 2.73. The van der Waals surface area contributed by atoms with Crippen molar-refractivity contribution in [3.8, 4) is 0 Å². The number of halogens is 4. The third kappa shape index (κ3) is 3.99. The zero-order valence-electron chi connectivity index (χ0n) is 15.9. The van der Waals surface area contributed by atoms with E-state index in [2.05, 4.69) is 21.5 Å². The third-order valence-electron chi connectivity index (χ3n) is 5.54. The third-order valence-corrected chi connectivity index (χ3v) is 5.77. The highest BCUT2D eigenvalue weighted by molar-refractivity contribution is 6.31. The number of likely N-dealkylation sites (N-methyl/N-ethyl adjacent to an activating group) is 1. The van der Waals surface area contributed by atoms with Gasteiger partial charge in [-0.05, 0) is 43.3 Å². The number of benzene rings is 1. The van der Waals surface area contributed by atoms with Gasteiger partial charge in [-0.25, -0.2) is 0 Å². The standard InChI is InChI=1S/C21H21ClF3N3O/c1-27-8-6-15-16-10-14(22)3-4-17(16)28(18(15)7-9-27)12-19(29)13-2-5-20(26-11-13)21(23,24)25/h2-5,10-11,19,29H,6-9,12H2,1H3. The van der Waals surface area contributed by atoms with Crippen LogP contribution in [-0.2, 0) is 25.6 Å². The van der Waals surface area contributed by atoms with Crippen molar-refractivity contribution in [3.63, 3.8) is 0 Å². The van der Waals surface area contributed by atoms with Gasteiger partial charge in [-0.1, -0.05) is 17.7 Å². The summed E-state index contributed by atoms with van der Waals surface area (Å²) in [6.45, 7) is 2.07. The molecule has 154 valence electrons. The summed E-state index contributed by atoms with van der Waals surface area (Å²) in [5, 5.41) is 12.5. The van der Waals surface area contributed by atoms with E-state index in [4.69, 9.17) is 11.6 Å². The van der Waals surface area contributed by atoms with Crippen LogP contribution in [0, 0.1) is 0 Å². The lowest BCUT2D eigenvalue weighted by Gasteiger charge is -2.17. The van der Waals surface area contributed by atoms with Crippen molar-refractivity contribution >= 4 is 22.5 Å². The van der Waals surface area contributed by atoms with Gasteiger partial charge in [-0.3, -0.25) is 4.98 Å². The number of pyridine rings is 1. The van der Waals surface area contributed by atoms with Gasteiger partial charge in [0, 0.05) is 52.9 Å². The maximum Gasteiger partial charge on any atom is 0.433 e. The molecule has 29 heavy (non-hydrogen) atoms. The molecule has 1 aromatic carbocycles. The van der Waals surface area contributed by atoms with Gasteiger partial charge in [0.2, 0.25) is 0 Å². The van der Waals surface area contributed by atoms with Crippen molar-refractivity contribution in [1.82, 2.24) is 14.5 Å². The Morgan fingerprint density at radius 1 is 1.17 bits per heavy atom. The van der Waals surface area contributed by atoms with Gasteiger partial charge in [-0.2, -0.15) is 13.2 Å². The molecule has 1 atom stereocenters. The molecule has 2 aromatic heterocycles. The fraction of sp³-hybridized carbons (Fsp3) is 0.381. The maximum absolute atomic E-state index is 12.7. The molecule has 0 radical (unpaired) electrons. The van der Waals surface area contributed by atoms with Crippen molar-refractivity contribution in [1.29, 1.82) is 0 Å². The molecule has 4 nitrogen and oxygen atoms in total. The summed E-state index contributed by atoms with van der Waals surface area (Å²) in [4.78, 5) is 5.73. The lowest BCUT2D eigenvalue weighted by molar-refractivity contribution is -0.141. The normalized spacial score (nSPS) is 16.6. The SMILES string of the molecule is CN1CCc2c(n(CC(O)c3ccc(C(F)(F)F)nc3)c3ccc(Cl)cc23)CC1. The van der Waals surface area contributed by atoms with Crippen LogP contribution < -0.4 is 0 Å². The molecule has 0 bridgehead atoms. The summed E-state index contributed by atoms with van der Waals surface area (Å²) in [6.07, 6.45) is -2.66. The molecule has 3 heterocycles. The van der Waals surface area contributed by atoms with E-state index < -0.39 is 18.0 Å². The number of nitrogens with zero attached hydrogens (tertiary/aromatic N) is 3.